The maximum Gasteiger partial charge on any atom is 0.490 e. The van der Waals surface area contributed by atoms with Gasteiger partial charge < -0.3 is 19.5 Å². The van der Waals surface area contributed by atoms with Crippen LogP contribution in [0, 0.1) is 0 Å². The van der Waals surface area contributed by atoms with Gasteiger partial charge in [-0.2, -0.15) is 0 Å². The van der Waals surface area contributed by atoms with Crippen molar-refractivity contribution in [3.05, 3.63) is 18.5 Å². The Balaban J connectivity index is 2.05. The van der Waals surface area contributed by atoms with Gasteiger partial charge in [-0.1, -0.05) is 0 Å². The fraction of sp³-hybridized carbons (Fsp3) is 0.375. The Labute approximate surface area is 81.4 Å². The fourth-order valence-corrected chi connectivity index (χ4v) is 1.12. The highest BCUT2D eigenvalue weighted by atomic mass is 16.6. The first-order valence-corrected chi connectivity index (χ1v) is 4.31. The zero-order valence-corrected chi connectivity index (χ0v) is 7.46. The summed E-state index contributed by atoms with van der Waals surface area (Å²) in [7, 11) is -1.51. The minimum absolute atomic E-state index is 0.0582. The lowest BCUT2D eigenvalue weighted by molar-refractivity contribution is -0.0797. The van der Waals surface area contributed by atoms with E-state index in [0.29, 0.717) is 24.4 Å². The van der Waals surface area contributed by atoms with Crippen LogP contribution in [0.25, 0.3) is 0 Å². The topological polar surface area (TPSA) is 71.8 Å². The molecule has 6 heteroatoms. The minimum Gasteiger partial charge on any atom is -0.484 e. The highest BCUT2D eigenvalue weighted by Crippen LogP contribution is 2.12. The van der Waals surface area contributed by atoms with Gasteiger partial charge in [-0.3, -0.25) is 4.98 Å². The Morgan fingerprint density at radius 2 is 2.21 bits per heavy atom. The molecule has 1 aromatic rings. The molecule has 1 aliphatic rings. The van der Waals surface area contributed by atoms with Gasteiger partial charge in [-0.25, -0.2) is 0 Å². The fourth-order valence-electron chi connectivity index (χ4n) is 1.12. The Hall–Kier alpha value is -1.11. The number of ether oxygens (including phenoxy) is 2. The molecule has 14 heavy (non-hydrogen) atoms. The molecule has 1 saturated heterocycles. The maximum absolute atomic E-state index is 8.89. The summed E-state index contributed by atoms with van der Waals surface area (Å²) < 4.78 is 10.4. The standard InChI is InChI=1S/C8H10BNO4/c11-9(12)6-1-7(3-10-2-6)14-8-4-13-5-8/h1-3,8,11-12H,4-5H2. The lowest BCUT2D eigenvalue weighted by Gasteiger charge is -2.26. The van der Waals surface area contributed by atoms with Crippen LogP contribution in [0.1, 0.15) is 0 Å². The predicted octanol–water partition coefficient (Wildman–Crippen LogP) is -1.46. The molecule has 0 saturated carbocycles. The quantitative estimate of drug-likeness (QED) is 0.576. The van der Waals surface area contributed by atoms with Crippen LogP contribution in [-0.2, 0) is 4.74 Å². The van der Waals surface area contributed by atoms with Crippen molar-refractivity contribution in [2.75, 3.05) is 13.2 Å². The van der Waals surface area contributed by atoms with E-state index in [4.69, 9.17) is 19.5 Å². The summed E-state index contributed by atoms with van der Waals surface area (Å²) in [6.07, 6.45) is 2.97. The van der Waals surface area contributed by atoms with Gasteiger partial charge in [0.2, 0.25) is 0 Å². The molecule has 0 aliphatic carbocycles. The third kappa shape index (κ3) is 2.04. The highest BCUT2D eigenvalue weighted by Gasteiger charge is 2.21. The maximum atomic E-state index is 8.89. The summed E-state index contributed by atoms with van der Waals surface area (Å²) in [5.41, 5.74) is 0.322. The van der Waals surface area contributed by atoms with Crippen LogP contribution in [0.4, 0.5) is 0 Å². The average molecular weight is 195 g/mol. The number of pyridine rings is 1. The monoisotopic (exact) mass is 195 g/mol. The smallest absolute Gasteiger partial charge is 0.484 e. The third-order valence-corrected chi connectivity index (χ3v) is 1.94. The molecule has 0 radical (unpaired) electrons. The van der Waals surface area contributed by atoms with E-state index in [0.717, 1.165) is 0 Å². The van der Waals surface area contributed by atoms with Crippen LogP contribution in [0.3, 0.4) is 0 Å². The molecule has 0 bridgehead atoms. The molecule has 5 nitrogen and oxygen atoms in total. The SMILES string of the molecule is OB(O)c1cncc(OC2COC2)c1. The van der Waals surface area contributed by atoms with E-state index in [1.807, 2.05) is 0 Å². The van der Waals surface area contributed by atoms with E-state index in [2.05, 4.69) is 4.98 Å². The first kappa shape index (κ1) is 9.45. The lowest BCUT2D eigenvalue weighted by Crippen LogP contribution is -2.39. The van der Waals surface area contributed by atoms with Crippen molar-refractivity contribution < 1.29 is 19.5 Å². The van der Waals surface area contributed by atoms with Gasteiger partial charge in [0.15, 0.2) is 0 Å². The van der Waals surface area contributed by atoms with Crippen LogP contribution in [0.2, 0.25) is 0 Å². The second-order valence-electron chi connectivity index (χ2n) is 3.10. The normalized spacial score (nSPS) is 16.1. The molecule has 2 rings (SSSR count). The van der Waals surface area contributed by atoms with E-state index < -0.39 is 7.12 Å². The van der Waals surface area contributed by atoms with E-state index in [9.17, 15) is 0 Å². The molecule has 2 heterocycles. The number of hydrogen-bond donors (Lipinski definition) is 2. The Bertz CT molecular complexity index is 316. The van der Waals surface area contributed by atoms with Gasteiger partial charge in [0.25, 0.3) is 0 Å². The van der Waals surface area contributed by atoms with Gasteiger partial charge in [-0.15, -0.1) is 0 Å². The van der Waals surface area contributed by atoms with Crippen LogP contribution in [0.15, 0.2) is 18.5 Å². The summed E-state index contributed by atoms with van der Waals surface area (Å²) >= 11 is 0. The molecule has 1 fully saturated rings. The van der Waals surface area contributed by atoms with Gasteiger partial charge in [-0.05, 0) is 6.07 Å². The van der Waals surface area contributed by atoms with Crippen molar-refractivity contribution in [2.24, 2.45) is 0 Å². The zero-order valence-electron chi connectivity index (χ0n) is 7.46. The molecule has 0 atom stereocenters. The largest absolute Gasteiger partial charge is 0.490 e. The summed E-state index contributed by atoms with van der Waals surface area (Å²) in [6, 6.07) is 1.55. The van der Waals surface area contributed by atoms with E-state index >= 15 is 0 Å². The number of nitrogens with zero attached hydrogens (tertiary/aromatic N) is 1. The molecule has 0 unspecified atom stereocenters. The summed E-state index contributed by atoms with van der Waals surface area (Å²) in [6.45, 7) is 1.15. The van der Waals surface area contributed by atoms with E-state index in [1.54, 1.807) is 6.07 Å². The van der Waals surface area contributed by atoms with Crippen molar-refractivity contribution in [1.29, 1.82) is 0 Å². The Morgan fingerprint density at radius 1 is 1.43 bits per heavy atom. The van der Waals surface area contributed by atoms with Crippen molar-refractivity contribution in [3.63, 3.8) is 0 Å². The van der Waals surface area contributed by atoms with Gasteiger partial charge in [0.05, 0.1) is 19.4 Å². The summed E-state index contributed by atoms with van der Waals surface area (Å²) in [5, 5.41) is 17.8. The first-order valence-electron chi connectivity index (χ1n) is 4.31. The van der Waals surface area contributed by atoms with E-state index in [-0.39, 0.29) is 6.10 Å². The van der Waals surface area contributed by atoms with E-state index in [1.165, 1.54) is 12.4 Å². The molecule has 1 aliphatic heterocycles. The molecule has 0 spiro atoms. The van der Waals surface area contributed by atoms with Crippen LogP contribution in [-0.4, -0.2) is 41.5 Å². The molecule has 2 N–H and O–H groups in total. The molecule has 1 aromatic heterocycles. The van der Waals surface area contributed by atoms with Crippen molar-refractivity contribution in [3.8, 4) is 5.75 Å². The van der Waals surface area contributed by atoms with Crippen LogP contribution < -0.4 is 10.2 Å². The van der Waals surface area contributed by atoms with Gasteiger partial charge in [0, 0.05) is 11.7 Å². The average Bonchev–Trinajstić information content (AvgIpc) is 2.12. The third-order valence-electron chi connectivity index (χ3n) is 1.94. The summed E-state index contributed by atoms with van der Waals surface area (Å²) in [4.78, 5) is 3.83. The molecular weight excluding hydrogens is 185 g/mol. The second kappa shape index (κ2) is 3.95. The highest BCUT2D eigenvalue weighted by molar-refractivity contribution is 6.58. The van der Waals surface area contributed by atoms with Crippen molar-refractivity contribution >= 4 is 12.6 Å². The zero-order chi connectivity index (χ0) is 9.97. The lowest BCUT2D eigenvalue weighted by atomic mass is 9.82. The second-order valence-corrected chi connectivity index (χ2v) is 3.10. The summed E-state index contributed by atoms with van der Waals surface area (Å²) in [5.74, 6) is 0.531. The molecule has 0 amide bonds. The van der Waals surface area contributed by atoms with Gasteiger partial charge >= 0.3 is 7.12 Å². The predicted molar refractivity (Wildman–Crippen MR) is 49.3 cm³/mol. The van der Waals surface area contributed by atoms with Crippen LogP contribution >= 0.6 is 0 Å². The number of aromatic nitrogens is 1. The minimum atomic E-state index is -1.51. The first-order chi connectivity index (χ1) is 6.75. The van der Waals surface area contributed by atoms with Crippen molar-refractivity contribution in [2.45, 2.75) is 6.10 Å². The van der Waals surface area contributed by atoms with Crippen molar-refractivity contribution in [1.82, 2.24) is 4.98 Å². The molecule has 0 aromatic carbocycles. The Morgan fingerprint density at radius 3 is 2.79 bits per heavy atom. The number of hydrogen-bond acceptors (Lipinski definition) is 5. The number of rotatable bonds is 3. The molecular formula is C8H10BNO4. The van der Waals surface area contributed by atoms with Gasteiger partial charge in [0.1, 0.15) is 11.9 Å². The van der Waals surface area contributed by atoms with Crippen LogP contribution in [0.5, 0.6) is 5.75 Å². The molecule has 74 valence electrons. The Kier molecular flexibility index (Phi) is 2.67.